The fraction of sp³-hybridized carbons (Fsp3) is 0.450. The molecule has 0 aliphatic heterocycles. The third kappa shape index (κ3) is 6.99. The van der Waals surface area contributed by atoms with E-state index >= 15 is 0 Å². The van der Waals surface area contributed by atoms with Crippen molar-refractivity contribution in [1.29, 1.82) is 0 Å². The summed E-state index contributed by atoms with van der Waals surface area (Å²) in [6.45, 7) is 6.17. The van der Waals surface area contributed by atoms with Crippen LogP contribution >= 0.6 is 22.9 Å². The maximum Gasteiger partial charge on any atom is 0.243 e. The number of hydrogen-bond acceptors (Lipinski definition) is 6. The summed E-state index contributed by atoms with van der Waals surface area (Å²) in [6.07, 6.45) is 1.99. The van der Waals surface area contributed by atoms with Crippen molar-refractivity contribution in [1.82, 2.24) is 20.5 Å². The molecule has 0 saturated carbocycles. The van der Waals surface area contributed by atoms with Crippen LogP contribution < -0.4 is 16.4 Å². The van der Waals surface area contributed by atoms with Crippen molar-refractivity contribution in [2.75, 3.05) is 12.8 Å². The number of nitrogens with one attached hydrogen (secondary N) is 2. The minimum atomic E-state index is -0.711. The zero-order chi connectivity index (χ0) is 21.6. The van der Waals surface area contributed by atoms with E-state index in [1.54, 1.807) is 18.3 Å². The first-order valence-electron chi connectivity index (χ1n) is 9.42. The van der Waals surface area contributed by atoms with Crippen LogP contribution in [0.25, 0.3) is 0 Å². The Morgan fingerprint density at radius 3 is 2.41 bits per heavy atom. The summed E-state index contributed by atoms with van der Waals surface area (Å²) in [5.41, 5.74) is 6.54. The average Bonchev–Trinajstić information content (AvgIpc) is 3.11. The number of nitrogens with zero attached hydrogens (tertiary/aromatic N) is 2. The number of aromatic nitrogens is 1. The smallest absolute Gasteiger partial charge is 0.243 e. The number of benzene rings is 1. The summed E-state index contributed by atoms with van der Waals surface area (Å²) in [7, 11) is 1.89. The van der Waals surface area contributed by atoms with Crippen molar-refractivity contribution in [3.8, 4) is 0 Å². The van der Waals surface area contributed by atoms with Crippen molar-refractivity contribution < 1.29 is 9.59 Å². The third-order valence-electron chi connectivity index (χ3n) is 4.80. The lowest BCUT2D eigenvalue weighted by Gasteiger charge is -2.29. The molecule has 1 heterocycles. The lowest BCUT2D eigenvalue weighted by atomic mass is 10.0. The van der Waals surface area contributed by atoms with E-state index in [4.69, 9.17) is 17.3 Å². The highest BCUT2D eigenvalue weighted by Gasteiger charge is 2.26. The first kappa shape index (κ1) is 23.1. The first-order chi connectivity index (χ1) is 13.7. The second-order valence-electron chi connectivity index (χ2n) is 7.21. The molecule has 0 unspecified atom stereocenters. The molecule has 2 rings (SSSR count). The minimum absolute atomic E-state index is 0.197. The predicted molar refractivity (Wildman–Crippen MR) is 118 cm³/mol. The zero-order valence-electron chi connectivity index (χ0n) is 17.1. The van der Waals surface area contributed by atoms with Crippen LogP contribution in [0.5, 0.6) is 0 Å². The van der Waals surface area contributed by atoms with E-state index in [2.05, 4.69) is 15.6 Å². The number of carbonyl (C=O) groups is 2. The van der Waals surface area contributed by atoms with Gasteiger partial charge in [0.15, 0.2) is 5.13 Å². The molecule has 158 valence electrons. The van der Waals surface area contributed by atoms with E-state index in [0.717, 1.165) is 10.4 Å². The van der Waals surface area contributed by atoms with Crippen molar-refractivity contribution in [3.05, 3.63) is 45.9 Å². The average molecular weight is 438 g/mol. The molecule has 2 atom stereocenters. The van der Waals surface area contributed by atoms with Gasteiger partial charge in [0.1, 0.15) is 6.04 Å². The maximum absolute atomic E-state index is 12.8. The molecular formula is C20H28ClN5O2S. The lowest BCUT2D eigenvalue weighted by molar-refractivity contribution is -0.131. The van der Waals surface area contributed by atoms with Gasteiger partial charge in [-0.1, -0.05) is 23.7 Å². The van der Waals surface area contributed by atoms with Gasteiger partial charge < -0.3 is 16.4 Å². The lowest BCUT2D eigenvalue weighted by Crippen LogP contribution is -2.53. The predicted octanol–water partition coefficient (Wildman–Crippen LogP) is 2.45. The summed E-state index contributed by atoms with van der Waals surface area (Å²) < 4.78 is 0. The van der Waals surface area contributed by atoms with Gasteiger partial charge in [0.25, 0.3) is 0 Å². The SMILES string of the molecule is CC(C)N(C)[C@@H](C)C(=O)N[C@@H](Cc1ccc(Cl)cc1)C(=O)NCc1cnc(N)s1. The van der Waals surface area contributed by atoms with Crippen LogP contribution in [0.4, 0.5) is 5.13 Å². The van der Waals surface area contributed by atoms with Gasteiger partial charge in [-0.25, -0.2) is 4.98 Å². The Morgan fingerprint density at radius 1 is 1.21 bits per heavy atom. The standard InChI is InChI=1S/C20H28ClN5O2S/c1-12(2)26(4)13(3)18(27)25-17(9-14-5-7-15(21)8-6-14)19(28)23-10-16-11-24-20(22)29-16/h5-8,11-13,17H,9-10H2,1-4H3,(H2,22,24)(H,23,28)(H,25,27)/t13-,17-/m0/s1. The fourth-order valence-corrected chi connectivity index (χ4v) is 3.44. The van der Waals surface area contributed by atoms with Crippen LogP contribution in [0.15, 0.2) is 30.5 Å². The summed E-state index contributed by atoms with van der Waals surface area (Å²) >= 11 is 7.27. The topological polar surface area (TPSA) is 100 Å². The zero-order valence-corrected chi connectivity index (χ0v) is 18.7. The van der Waals surface area contributed by atoms with Gasteiger partial charge in [-0.15, -0.1) is 11.3 Å². The van der Waals surface area contributed by atoms with Gasteiger partial charge in [-0.3, -0.25) is 14.5 Å². The Balaban J connectivity index is 2.09. The molecule has 0 spiro atoms. The van der Waals surface area contributed by atoms with Crippen LogP contribution in [-0.4, -0.2) is 46.9 Å². The monoisotopic (exact) mass is 437 g/mol. The number of likely N-dealkylation sites (N-methyl/N-ethyl adjacent to an activating group) is 1. The molecular weight excluding hydrogens is 410 g/mol. The minimum Gasteiger partial charge on any atom is -0.375 e. The van der Waals surface area contributed by atoms with Gasteiger partial charge in [-0.05, 0) is 45.5 Å². The normalized spacial score (nSPS) is 13.3. The van der Waals surface area contributed by atoms with E-state index in [1.165, 1.54) is 11.3 Å². The van der Waals surface area contributed by atoms with Crippen molar-refractivity contribution in [2.24, 2.45) is 0 Å². The van der Waals surface area contributed by atoms with Crippen molar-refractivity contribution >= 4 is 39.9 Å². The Morgan fingerprint density at radius 2 is 1.86 bits per heavy atom. The van der Waals surface area contributed by atoms with Gasteiger partial charge in [-0.2, -0.15) is 0 Å². The summed E-state index contributed by atoms with van der Waals surface area (Å²) in [6, 6.07) is 6.36. The van der Waals surface area contributed by atoms with E-state index < -0.39 is 6.04 Å². The highest BCUT2D eigenvalue weighted by atomic mass is 35.5. The molecule has 0 aliphatic carbocycles. The molecule has 0 aliphatic rings. The van der Waals surface area contributed by atoms with Crippen LogP contribution in [0.1, 0.15) is 31.2 Å². The number of halogens is 1. The second-order valence-corrected chi connectivity index (χ2v) is 8.79. The van der Waals surface area contributed by atoms with Gasteiger partial charge >= 0.3 is 0 Å². The number of rotatable bonds is 9. The number of nitrogens with two attached hydrogens (primary N) is 1. The molecule has 0 fully saturated rings. The second kappa shape index (κ2) is 10.6. The highest BCUT2D eigenvalue weighted by molar-refractivity contribution is 7.15. The molecule has 7 nitrogen and oxygen atoms in total. The number of hydrogen-bond donors (Lipinski definition) is 3. The van der Waals surface area contributed by atoms with Gasteiger partial charge in [0.2, 0.25) is 11.8 Å². The summed E-state index contributed by atoms with van der Waals surface area (Å²) in [5, 5.41) is 6.83. The number of thiazole rings is 1. The molecule has 2 aromatic rings. The summed E-state index contributed by atoms with van der Waals surface area (Å²) in [4.78, 5) is 32.4. The maximum atomic E-state index is 12.8. The molecule has 1 aromatic heterocycles. The van der Waals surface area contributed by atoms with Gasteiger partial charge in [0, 0.05) is 28.6 Å². The van der Waals surface area contributed by atoms with Crippen molar-refractivity contribution in [2.45, 2.75) is 51.9 Å². The van der Waals surface area contributed by atoms with E-state index in [1.807, 2.05) is 44.9 Å². The number of anilines is 1. The third-order valence-corrected chi connectivity index (χ3v) is 5.88. The Kier molecular flexibility index (Phi) is 8.43. The van der Waals surface area contributed by atoms with Crippen LogP contribution in [0.3, 0.4) is 0 Å². The molecule has 0 bridgehead atoms. The van der Waals surface area contributed by atoms with Crippen molar-refractivity contribution in [3.63, 3.8) is 0 Å². The molecule has 2 amide bonds. The number of carbonyl (C=O) groups excluding carboxylic acids is 2. The van der Waals surface area contributed by atoms with E-state index in [0.29, 0.717) is 23.1 Å². The Bertz CT molecular complexity index is 825. The molecule has 1 aromatic carbocycles. The quantitative estimate of drug-likeness (QED) is 0.559. The molecule has 0 saturated heterocycles. The Hall–Kier alpha value is -2.16. The van der Waals surface area contributed by atoms with Crippen LogP contribution in [-0.2, 0) is 22.6 Å². The van der Waals surface area contributed by atoms with E-state index in [9.17, 15) is 9.59 Å². The van der Waals surface area contributed by atoms with Crippen LogP contribution in [0.2, 0.25) is 5.02 Å². The number of amides is 2. The molecule has 29 heavy (non-hydrogen) atoms. The fourth-order valence-electron chi connectivity index (χ4n) is 2.69. The van der Waals surface area contributed by atoms with Crippen LogP contribution in [0, 0.1) is 0 Å². The largest absolute Gasteiger partial charge is 0.375 e. The molecule has 9 heteroatoms. The molecule has 0 radical (unpaired) electrons. The first-order valence-corrected chi connectivity index (χ1v) is 10.6. The number of nitrogen functional groups attached to an aromatic ring is 1. The van der Waals surface area contributed by atoms with Gasteiger partial charge in [0.05, 0.1) is 12.6 Å². The summed E-state index contributed by atoms with van der Waals surface area (Å²) in [5.74, 6) is -0.461. The highest BCUT2D eigenvalue weighted by Crippen LogP contribution is 2.15. The molecule has 4 N–H and O–H groups in total. The van der Waals surface area contributed by atoms with E-state index in [-0.39, 0.29) is 23.9 Å². The Labute approximate surface area is 180 Å².